The van der Waals surface area contributed by atoms with E-state index in [1.54, 1.807) is 24.3 Å². The Morgan fingerprint density at radius 3 is 2.89 bits per heavy atom. The third kappa shape index (κ3) is 4.06. The summed E-state index contributed by atoms with van der Waals surface area (Å²) in [7, 11) is 0. The van der Waals surface area contributed by atoms with Crippen molar-refractivity contribution in [3.8, 4) is 0 Å². The highest BCUT2D eigenvalue weighted by atomic mass is 16.5. The molecule has 1 rings (SSSR count). The first-order valence-electron chi connectivity index (χ1n) is 5.63. The van der Waals surface area contributed by atoms with Gasteiger partial charge in [0.25, 0.3) is 5.91 Å². The smallest absolute Gasteiger partial charge is 0.251 e. The summed E-state index contributed by atoms with van der Waals surface area (Å²) in [4.78, 5) is 11.8. The van der Waals surface area contributed by atoms with E-state index in [0.717, 1.165) is 0 Å². The van der Waals surface area contributed by atoms with Gasteiger partial charge in [0.15, 0.2) is 5.84 Å². The normalized spacial score (nSPS) is 11.3. The van der Waals surface area contributed by atoms with E-state index in [9.17, 15) is 4.79 Å². The number of benzene rings is 1. The summed E-state index contributed by atoms with van der Waals surface area (Å²) < 4.78 is 5.11. The van der Waals surface area contributed by atoms with Crippen molar-refractivity contribution in [3.63, 3.8) is 0 Å². The molecule has 0 radical (unpaired) electrons. The number of nitrogens with one attached hydrogen (secondary N) is 1. The molecule has 0 saturated heterocycles. The molecule has 98 valence electrons. The second-order valence-corrected chi connectivity index (χ2v) is 3.52. The lowest BCUT2D eigenvalue weighted by atomic mass is 10.1. The van der Waals surface area contributed by atoms with E-state index in [1.165, 1.54) is 0 Å². The second-order valence-electron chi connectivity index (χ2n) is 3.52. The van der Waals surface area contributed by atoms with E-state index in [1.807, 2.05) is 6.92 Å². The zero-order valence-corrected chi connectivity index (χ0v) is 10.2. The summed E-state index contributed by atoms with van der Waals surface area (Å²) in [6.45, 7) is 3.43. The highest BCUT2D eigenvalue weighted by molar-refractivity contribution is 6.01. The van der Waals surface area contributed by atoms with E-state index in [2.05, 4.69) is 10.5 Å². The average molecular weight is 251 g/mol. The number of hydrogen-bond acceptors (Lipinski definition) is 4. The predicted octanol–water partition coefficient (Wildman–Crippen LogP) is 0.547. The van der Waals surface area contributed by atoms with Crippen LogP contribution in [0.15, 0.2) is 29.4 Å². The number of hydrogen-bond donors (Lipinski definition) is 3. The Kier molecular flexibility index (Phi) is 5.66. The third-order valence-electron chi connectivity index (χ3n) is 2.26. The zero-order valence-electron chi connectivity index (χ0n) is 10.2. The summed E-state index contributed by atoms with van der Waals surface area (Å²) in [5, 5.41) is 14.2. The first-order valence-corrected chi connectivity index (χ1v) is 5.63. The van der Waals surface area contributed by atoms with Gasteiger partial charge in [0, 0.05) is 24.3 Å². The van der Waals surface area contributed by atoms with E-state index < -0.39 is 0 Å². The zero-order chi connectivity index (χ0) is 13.4. The molecule has 0 spiro atoms. The van der Waals surface area contributed by atoms with Gasteiger partial charge in [0.2, 0.25) is 0 Å². The molecule has 0 unspecified atom stereocenters. The number of carbonyl (C=O) groups excluding carboxylic acids is 1. The molecule has 0 aliphatic heterocycles. The highest BCUT2D eigenvalue weighted by Crippen LogP contribution is 2.05. The van der Waals surface area contributed by atoms with Crippen LogP contribution in [0.1, 0.15) is 22.8 Å². The van der Waals surface area contributed by atoms with Gasteiger partial charge < -0.3 is 21.0 Å². The van der Waals surface area contributed by atoms with Gasteiger partial charge in [0.05, 0.1) is 6.61 Å². The Labute approximate surface area is 105 Å². The number of nitrogens with two attached hydrogens (primary N) is 1. The predicted molar refractivity (Wildman–Crippen MR) is 67.8 cm³/mol. The summed E-state index contributed by atoms with van der Waals surface area (Å²) in [5.41, 5.74) is 6.40. The molecule has 0 bridgehead atoms. The monoisotopic (exact) mass is 251 g/mol. The lowest BCUT2D eigenvalue weighted by molar-refractivity contribution is 0.0922. The quantitative estimate of drug-likeness (QED) is 0.226. The van der Waals surface area contributed by atoms with Crippen LogP contribution < -0.4 is 11.1 Å². The number of rotatable bonds is 6. The Morgan fingerprint density at radius 2 is 2.22 bits per heavy atom. The summed E-state index contributed by atoms with van der Waals surface area (Å²) in [6.07, 6.45) is 0. The lowest BCUT2D eigenvalue weighted by Gasteiger charge is -2.06. The fraction of sp³-hybridized carbons (Fsp3) is 0.333. The molecule has 1 aromatic rings. The number of oxime groups is 1. The van der Waals surface area contributed by atoms with Crippen molar-refractivity contribution in [1.82, 2.24) is 5.32 Å². The summed E-state index contributed by atoms with van der Waals surface area (Å²) in [5.74, 6) is -0.249. The molecule has 0 heterocycles. The van der Waals surface area contributed by atoms with E-state index >= 15 is 0 Å². The number of amidine groups is 1. The van der Waals surface area contributed by atoms with Gasteiger partial charge in [-0.1, -0.05) is 17.3 Å². The Hall–Kier alpha value is -2.08. The van der Waals surface area contributed by atoms with Gasteiger partial charge in [-0.25, -0.2) is 0 Å². The molecular formula is C12H17N3O3. The van der Waals surface area contributed by atoms with Gasteiger partial charge in [-0.2, -0.15) is 0 Å². The molecule has 0 aromatic heterocycles. The number of amides is 1. The van der Waals surface area contributed by atoms with Crippen LogP contribution >= 0.6 is 0 Å². The van der Waals surface area contributed by atoms with Crippen LogP contribution in [0.5, 0.6) is 0 Å². The molecule has 0 aliphatic carbocycles. The molecule has 0 fully saturated rings. The van der Waals surface area contributed by atoms with Gasteiger partial charge in [-0.3, -0.25) is 4.79 Å². The van der Waals surface area contributed by atoms with Crippen molar-refractivity contribution in [1.29, 1.82) is 0 Å². The van der Waals surface area contributed by atoms with Gasteiger partial charge in [-0.05, 0) is 19.1 Å². The minimum atomic E-state index is -0.220. The molecule has 6 heteroatoms. The van der Waals surface area contributed by atoms with Crippen LogP contribution in [-0.4, -0.2) is 36.7 Å². The van der Waals surface area contributed by atoms with Crippen molar-refractivity contribution in [2.45, 2.75) is 6.92 Å². The van der Waals surface area contributed by atoms with Crippen LogP contribution in [0.3, 0.4) is 0 Å². The fourth-order valence-electron chi connectivity index (χ4n) is 1.36. The van der Waals surface area contributed by atoms with Crippen LogP contribution in [0, 0.1) is 0 Å². The highest BCUT2D eigenvalue weighted by Gasteiger charge is 2.07. The summed E-state index contributed by atoms with van der Waals surface area (Å²) in [6, 6.07) is 6.55. The average Bonchev–Trinajstić information content (AvgIpc) is 2.42. The number of nitrogens with zero attached hydrogens (tertiary/aromatic N) is 1. The maximum absolute atomic E-state index is 11.8. The molecule has 6 nitrogen and oxygen atoms in total. The molecule has 4 N–H and O–H groups in total. The maximum atomic E-state index is 11.8. The standard InChI is InChI=1S/C12H17N3O3/c1-2-18-7-6-14-12(16)10-5-3-4-9(8-10)11(13)15-17/h3-5,8,17H,2,6-7H2,1H3,(H2,13,15)(H,14,16). The van der Waals surface area contributed by atoms with E-state index in [0.29, 0.717) is 30.9 Å². The second kappa shape index (κ2) is 7.29. The minimum Gasteiger partial charge on any atom is -0.409 e. The first kappa shape index (κ1) is 14.0. The van der Waals surface area contributed by atoms with Crippen molar-refractivity contribution < 1.29 is 14.7 Å². The lowest BCUT2D eigenvalue weighted by Crippen LogP contribution is -2.27. The van der Waals surface area contributed by atoms with Crippen LogP contribution in [-0.2, 0) is 4.74 Å². The molecule has 0 aliphatic rings. The van der Waals surface area contributed by atoms with Crippen molar-refractivity contribution in [2.75, 3.05) is 19.8 Å². The van der Waals surface area contributed by atoms with Crippen LogP contribution in [0.2, 0.25) is 0 Å². The topological polar surface area (TPSA) is 96.9 Å². The van der Waals surface area contributed by atoms with Gasteiger partial charge in [-0.15, -0.1) is 0 Å². The molecular weight excluding hydrogens is 234 g/mol. The number of carbonyl (C=O) groups is 1. The van der Waals surface area contributed by atoms with Crippen molar-refractivity contribution >= 4 is 11.7 Å². The van der Waals surface area contributed by atoms with Gasteiger partial charge in [0.1, 0.15) is 0 Å². The van der Waals surface area contributed by atoms with Crippen LogP contribution in [0.25, 0.3) is 0 Å². The van der Waals surface area contributed by atoms with Crippen LogP contribution in [0.4, 0.5) is 0 Å². The molecule has 1 aromatic carbocycles. The first-order chi connectivity index (χ1) is 8.69. The third-order valence-corrected chi connectivity index (χ3v) is 2.26. The molecule has 0 saturated carbocycles. The Bertz CT molecular complexity index is 432. The fourth-order valence-corrected chi connectivity index (χ4v) is 1.36. The van der Waals surface area contributed by atoms with E-state index in [4.69, 9.17) is 15.7 Å². The SMILES string of the molecule is CCOCCNC(=O)c1cccc(/C(N)=N/O)c1. The Balaban J connectivity index is 2.63. The minimum absolute atomic E-state index is 0.0287. The van der Waals surface area contributed by atoms with Crippen molar-refractivity contribution in [3.05, 3.63) is 35.4 Å². The molecule has 0 atom stereocenters. The molecule has 18 heavy (non-hydrogen) atoms. The largest absolute Gasteiger partial charge is 0.409 e. The Morgan fingerprint density at radius 1 is 1.50 bits per heavy atom. The van der Waals surface area contributed by atoms with Crippen molar-refractivity contribution in [2.24, 2.45) is 10.9 Å². The summed E-state index contributed by atoms with van der Waals surface area (Å²) >= 11 is 0. The molecule has 1 amide bonds. The van der Waals surface area contributed by atoms with Gasteiger partial charge >= 0.3 is 0 Å². The van der Waals surface area contributed by atoms with E-state index in [-0.39, 0.29) is 11.7 Å². The number of ether oxygens (including phenoxy) is 1. The maximum Gasteiger partial charge on any atom is 0.251 e.